The molecule has 4 aromatic rings. The molecule has 3 nitrogen and oxygen atoms in total. The van der Waals surface area contributed by atoms with Gasteiger partial charge in [-0.25, -0.2) is 0 Å². The first-order valence-corrected chi connectivity index (χ1v) is 10.3. The second kappa shape index (κ2) is 6.38. The lowest BCUT2D eigenvalue weighted by atomic mass is 9.88. The topological polar surface area (TPSA) is 44.6 Å². The summed E-state index contributed by atoms with van der Waals surface area (Å²) in [5, 5.41) is 11.1. The summed E-state index contributed by atoms with van der Waals surface area (Å²) < 4.78 is 3.50. The molecule has 1 aliphatic rings. The van der Waals surface area contributed by atoms with Crippen molar-refractivity contribution in [1.29, 1.82) is 5.41 Å². The molecule has 2 aromatic carbocycles. The molecule has 5 rings (SSSR count). The lowest BCUT2D eigenvalue weighted by molar-refractivity contribution is 0.633. The Kier molecular flexibility index (Phi) is 3.97. The van der Waals surface area contributed by atoms with Crippen LogP contribution in [0.4, 0.5) is 0 Å². The molecule has 1 atom stereocenters. The van der Waals surface area contributed by atoms with Crippen LogP contribution in [0, 0.1) is 5.41 Å². The van der Waals surface area contributed by atoms with E-state index in [0.717, 1.165) is 35.1 Å². The van der Waals surface area contributed by atoms with Gasteiger partial charge in [0.1, 0.15) is 0 Å². The minimum atomic E-state index is 0.0973. The minimum Gasteiger partial charge on any atom is -0.361 e. The van der Waals surface area contributed by atoms with Gasteiger partial charge in [-0.1, -0.05) is 34.1 Å². The predicted octanol–water partition coefficient (Wildman–Crippen LogP) is 6.20. The first kappa shape index (κ1) is 16.8. The summed E-state index contributed by atoms with van der Waals surface area (Å²) in [5.41, 5.74) is 7.27. The normalized spacial score (nSPS) is 14.7. The molecule has 1 aliphatic heterocycles. The summed E-state index contributed by atoms with van der Waals surface area (Å²) in [6.07, 6.45) is 7.61. The van der Waals surface area contributed by atoms with Gasteiger partial charge in [-0.2, -0.15) is 0 Å². The number of para-hydroxylation sites is 1. The number of hydrogen-bond acceptors (Lipinski definition) is 1. The van der Waals surface area contributed by atoms with E-state index >= 15 is 0 Å². The number of benzene rings is 2. The highest BCUT2D eigenvalue weighted by molar-refractivity contribution is 9.10. The molecular formula is C23H22BrN3. The minimum absolute atomic E-state index is 0.0973. The Morgan fingerprint density at radius 1 is 1.26 bits per heavy atom. The average molecular weight is 420 g/mol. The van der Waals surface area contributed by atoms with Crippen molar-refractivity contribution in [3.63, 3.8) is 0 Å². The summed E-state index contributed by atoms with van der Waals surface area (Å²) in [7, 11) is 0. The first-order chi connectivity index (χ1) is 13.1. The molecule has 27 heavy (non-hydrogen) atoms. The third-order valence-electron chi connectivity index (χ3n) is 5.91. The predicted molar refractivity (Wildman–Crippen MR) is 116 cm³/mol. The van der Waals surface area contributed by atoms with Crippen LogP contribution in [-0.2, 0) is 19.4 Å². The van der Waals surface area contributed by atoms with Gasteiger partial charge in [-0.15, -0.1) is 0 Å². The summed E-state index contributed by atoms with van der Waals surface area (Å²) in [4.78, 5) is 3.39. The smallest absolute Gasteiger partial charge is 0.0515 e. The van der Waals surface area contributed by atoms with E-state index in [2.05, 4.69) is 74.3 Å². The molecule has 0 radical (unpaired) electrons. The van der Waals surface area contributed by atoms with E-state index in [1.54, 1.807) is 0 Å². The van der Waals surface area contributed by atoms with Gasteiger partial charge < -0.3 is 15.0 Å². The van der Waals surface area contributed by atoms with Crippen molar-refractivity contribution in [2.45, 2.75) is 38.6 Å². The monoisotopic (exact) mass is 419 g/mol. The van der Waals surface area contributed by atoms with E-state index in [4.69, 9.17) is 5.41 Å². The van der Waals surface area contributed by atoms with Crippen molar-refractivity contribution >= 4 is 43.4 Å². The van der Waals surface area contributed by atoms with Crippen LogP contribution in [0.3, 0.4) is 0 Å². The van der Waals surface area contributed by atoms with Crippen LogP contribution in [0.25, 0.3) is 21.8 Å². The van der Waals surface area contributed by atoms with Crippen molar-refractivity contribution in [3.05, 3.63) is 70.0 Å². The maximum Gasteiger partial charge on any atom is 0.0515 e. The number of hydrogen-bond donors (Lipinski definition) is 2. The highest BCUT2D eigenvalue weighted by Crippen LogP contribution is 2.36. The zero-order valence-corrected chi connectivity index (χ0v) is 16.9. The molecule has 2 aromatic heterocycles. The molecule has 3 heterocycles. The summed E-state index contributed by atoms with van der Waals surface area (Å²) in [5.74, 6) is 0.0973. The Morgan fingerprint density at radius 2 is 2.15 bits per heavy atom. The highest BCUT2D eigenvalue weighted by Gasteiger charge is 2.24. The van der Waals surface area contributed by atoms with Gasteiger partial charge in [-0.3, -0.25) is 0 Å². The molecule has 1 unspecified atom stereocenters. The zero-order valence-electron chi connectivity index (χ0n) is 15.3. The van der Waals surface area contributed by atoms with Crippen LogP contribution in [0.2, 0.25) is 0 Å². The molecule has 0 spiro atoms. The zero-order chi connectivity index (χ0) is 18.5. The van der Waals surface area contributed by atoms with E-state index in [0.29, 0.717) is 0 Å². The van der Waals surface area contributed by atoms with Crippen LogP contribution in [0.1, 0.15) is 36.0 Å². The van der Waals surface area contributed by atoms with Crippen molar-refractivity contribution in [2.75, 3.05) is 0 Å². The largest absolute Gasteiger partial charge is 0.361 e. The molecule has 136 valence electrons. The van der Waals surface area contributed by atoms with E-state index in [9.17, 15) is 0 Å². The number of aryl methyl sites for hydroxylation is 2. The molecule has 2 N–H and O–H groups in total. The number of nitrogens with zero attached hydrogens (tertiary/aromatic N) is 1. The maximum absolute atomic E-state index is 8.52. The van der Waals surface area contributed by atoms with E-state index in [-0.39, 0.29) is 5.92 Å². The molecular weight excluding hydrogens is 398 g/mol. The number of halogens is 1. The molecule has 0 saturated carbocycles. The van der Waals surface area contributed by atoms with Crippen LogP contribution in [0.5, 0.6) is 0 Å². The summed E-state index contributed by atoms with van der Waals surface area (Å²) in [6, 6.07) is 13.0. The van der Waals surface area contributed by atoms with E-state index in [1.165, 1.54) is 39.4 Å². The summed E-state index contributed by atoms with van der Waals surface area (Å²) in [6.45, 7) is 3.03. The SMILES string of the molecule is CC(=N)C(Cc1c[nH]c2ccc(Br)cc12)c1cn2c3c(cccc13)CCC2. The molecule has 0 amide bonds. The third kappa shape index (κ3) is 2.74. The fourth-order valence-corrected chi connectivity index (χ4v) is 4.96. The lowest BCUT2D eigenvalue weighted by Gasteiger charge is -2.15. The van der Waals surface area contributed by atoms with Gasteiger partial charge >= 0.3 is 0 Å². The number of rotatable bonds is 4. The quantitative estimate of drug-likeness (QED) is 0.370. The van der Waals surface area contributed by atoms with Crippen molar-refractivity contribution in [3.8, 4) is 0 Å². The van der Waals surface area contributed by atoms with Crippen molar-refractivity contribution in [1.82, 2.24) is 9.55 Å². The third-order valence-corrected chi connectivity index (χ3v) is 6.40. The average Bonchev–Trinajstić information content (AvgIpc) is 3.22. The number of fused-ring (bicyclic) bond motifs is 1. The number of aromatic nitrogens is 2. The highest BCUT2D eigenvalue weighted by atomic mass is 79.9. The fourth-order valence-electron chi connectivity index (χ4n) is 4.60. The summed E-state index contributed by atoms with van der Waals surface area (Å²) >= 11 is 3.59. The number of aromatic amines is 1. The van der Waals surface area contributed by atoms with Crippen molar-refractivity contribution < 1.29 is 0 Å². The fraction of sp³-hybridized carbons (Fsp3) is 0.261. The van der Waals surface area contributed by atoms with E-state index in [1.807, 2.05) is 6.92 Å². The van der Waals surface area contributed by atoms with Gasteiger partial charge in [0.15, 0.2) is 0 Å². The van der Waals surface area contributed by atoms with Crippen LogP contribution in [-0.4, -0.2) is 15.3 Å². The second-order valence-electron chi connectivity index (χ2n) is 7.64. The van der Waals surface area contributed by atoms with Crippen LogP contribution >= 0.6 is 15.9 Å². The Hall–Kier alpha value is -2.33. The van der Waals surface area contributed by atoms with Crippen LogP contribution in [0.15, 0.2) is 53.3 Å². The van der Waals surface area contributed by atoms with Crippen molar-refractivity contribution in [2.24, 2.45) is 0 Å². The van der Waals surface area contributed by atoms with Gasteiger partial charge in [0.2, 0.25) is 0 Å². The van der Waals surface area contributed by atoms with E-state index < -0.39 is 0 Å². The Balaban J connectivity index is 1.63. The van der Waals surface area contributed by atoms with Gasteiger partial charge in [0.05, 0.1) is 5.52 Å². The van der Waals surface area contributed by atoms with Gasteiger partial charge in [0.25, 0.3) is 0 Å². The Bertz CT molecular complexity index is 1180. The Labute approximate surface area is 167 Å². The molecule has 4 heteroatoms. The van der Waals surface area contributed by atoms with Crippen LogP contribution < -0.4 is 0 Å². The standard InChI is InChI=1S/C23H22BrN3/c1-14(25)19(10-16-12-26-22-8-7-17(24)11-20(16)22)21-13-27-9-3-5-15-4-2-6-18(21)23(15)27/h2,4,6-8,11-13,19,25-26H,3,5,9-10H2,1H3. The molecule has 0 saturated heterocycles. The number of nitrogens with one attached hydrogen (secondary N) is 2. The lowest BCUT2D eigenvalue weighted by Crippen LogP contribution is -2.11. The van der Waals surface area contributed by atoms with Gasteiger partial charge in [0, 0.05) is 51.3 Å². The second-order valence-corrected chi connectivity index (χ2v) is 8.55. The Morgan fingerprint density at radius 3 is 3.00 bits per heavy atom. The molecule has 0 aliphatic carbocycles. The molecule has 0 bridgehead atoms. The van der Waals surface area contributed by atoms with Gasteiger partial charge in [-0.05, 0) is 61.1 Å². The molecule has 0 fully saturated rings. The maximum atomic E-state index is 8.52. The number of H-pyrrole nitrogens is 1. The first-order valence-electron chi connectivity index (χ1n) is 9.53.